The molecule has 0 aliphatic rings. The molecule has 4 heteroatoms. The van der Waals surface area contributed by atoms with E-state index in [1.54, 1.807) is 7.11 Å². The van der Waals surface area contributed by atoms with Gasteiger partial charge in [-0.25, -0.2) is 0 Å². The number of methoxy groups -OCH3 is 1. The number of benzene rings is 1. The first-order valence-corrected chi connectivity index (χ1v) is 6.97. The van der Waals surface area contributed by atoms with E-state index in [4.69, 9.17) is 9.84 Å². The molecule has 0 spiro atoms. The quantitative estimate of drug-likeness (QED) is 0.766. The van der Waals surface area contributed by atoms with E-state index in [-0.39, 0.29) is 17.9 Å². The van der Waals surface area contributed by atoms with Crippen LogP contribution in [0.4, 0.5) is 0 Å². The molecule has 0 unspecified atom stereocenters. The van der Waals surface area contributed by atoms with Gasteiger partial charge in [0.2, 0.25) is 5.91 Å². The lowest BCUT2D eigenvalue weighted by Gasteiger charge is -2.24. The Bertz CT molecular complexity index is 429. The number of aliphatic hydroxyl groups is 1. The molecule has 0 fully saturated rings. The largest absolute Gasteiger partial charge is 0.497 e. The molecule has 0 saturated heterocycles. The smallest absolute Gasteiger partial charge is 0.224 e. The fourth-order valence-electron chi connectivity index (χ4n) is 2.01. The van der Waals surface area contributed by atoms with Gasteiger partial charge in [-0.15, -0.1) is 0 Å². The van der Waals surface area contributed by atoms with Gasteiger partial charge in [-0.05, 0) is 36.0 Å². The van der Waals surface area contributed by atoms with Crippen LogP contribution in [0.5, 0.6) is 5.75 Å². The summed E-state index contributed by atoms with van der Waals surface area (Å²) in [6.07, 6.45) is 2.01. The van der Waals surface area contributed by atoms with Crippen molar-refractivity contribution in [2.75, 3.05) is 20.3 Å². The molecule has 0 aromatic heterocycles. The minimum Gasteiger partial charge on any atom is -0.497 e. The van der Waals surface area contributed by atoms with E-state index in [2.05, 4.69) is 19.2 Å². The molecule has 0 saturated carbocycles. The summed E-state index contributed by atoms with van der Waals surface area (Å²) in [6.45, 7) is 5.00. The Kier molecular flexibility index (Phi) is 6.52. The van der Waals surface area contributed by atoms with E-state index in [0.29, 0.717) is 13.0 Å². The van der Waals surface area contributed by atoms with Gasteiger partial charge in [0, 0.05) is 13.2 Å². The molecule has 0 radical (unpaired) electrons. The van der Waals surface area contributed by atoms with Crippen molar-refractivity contribution in [2.24, 2.45) is 5.41 Å². The van der Waals surface area contributed by atoms with Gasteiger partial charge in [0.05, 0.1) is 13.5 Å². The fraction of sp³-hybridized carbons (Fsp3) is 0.562. The van der Waals surface area contributed by atoms with Crippen LogP contribution in [0.25, 0.3) is 0 Å². The third kappa shape index (κ3) is 6.06. The van der Waals surface area contributed by atoms with Crippen LogP contribution in [0.15, 0.2) is 24.3 Å². The van der Waals surface area contributed by atoms with Crippen molar-refractivity contribution >= 4 is 5.91 Å². The molecule has 1 aromatic rings. The van der Waals surface area contributed by atoms with Gasteiger partial charge < -0.3 is 15.2 Å². The van der Waals surface area contributed by atoms with Crippen LogP contribution in [0.3, 0.4) is 0 Å². The Morgan fingerprint density at radius 1 is 1.40 bits per heavy atom. The van der Waals surface area contributed by atoms with Crippen molar-refractivity contribution < 1.29 is 14.6 Å². The second-order valence-corrected chi connectivity index (χ2v) is 5.80. The predicted octanol–water partition coefficient (Wildman–Crippen LogP) is 2.15. The Hall–Kier alpha value is -1.55. The molecule has 0 aliphatic carbocycles. The molecule has 20 heavy (non-hydrogen) atoms. The summed E-state index contributed by atoms with van der Waals surface area (Å²) in [7, 11) is 1.61. The number of rotatable bonds is 8. The lowest BCUT2D eigenvalue weighted by molar-refractivity contribution is -0.120. The van der Waals surface area contributed by atoms with Gasteiger partial charge in [-0.2, -0.15) is 0 Å². The van der Waals surface area contributed by atoms with Crippen LogP contribution in [0.2, 0.25) is 0 Å². The summed E-state index contributed by atoms with van der Waals surface area (Å²) in [5, 5.41) is 11.8. The highest BCUT2D eigenvalue weighted by Gasteiger charge is 2.18. The highest BCUT2D eigenvalue weighted by atomic mass is 16.5. The van der Waals surface area contributed by atoms with Crippen LogP contribution < -0.4 is 10.1 Å². The molecule has 0 bridgehead atoms. The zero-order valence-corrected chi connectivity index (χ0v) is 12.6. The predicted molar refractivity (Wildman–Crippen MR) is 79.8 cm³/mol. The summed E-state index contributed by atoms with van der Waals surface area (Å²) in [4.78, 5) is 11.9. The monoisotopic (exact) mass is 279 g/mol. The minimum absolute atomic E-state index is 0.00671. The zero-order valence-electron chi connectivity index (χ0n) is 12.6. The molecule has 0 heterocycles. The maximum absolute atomic E-state index is 11.9. The molecule has 1 amide bonds. The van der Waals surface area contributed by atoms with E-state index >= 15 is 0 Å². The highest BCUT2D eigenvalue weighted by Crippen LogP contribution is 2.20. The summed E-state index contributed by atoms with van der Waals surface area (Å²) < 4.78 is 5.14. The average molecular weight is 279 g/mol. The van der Waals surface area contributed by atoms with E-state index in [0.717, 1.165) is 24.2 Å². The van der Waals surface area contributed by atoms with Gasteiger partial charge in [-0.3, -0.25) is 4.79 Å². The van der Waals surface area contributed by atoms with E-state index in [1.807, 2.05) is 24.3 Å². The second-order valence-electron chi connectivity index (χ2n) is 5.80. The van der Waals surface area contributed by atoms with Crippen molar-refractivity contribution in [1.82, 2.24) is 5.32 Å². The number of amides is 1. The summed E-state index contributed by atoms with van der Waals surface area (Å²) >= 11 is 0. The maximum atomic E-state index is 11.9. The molecule has 1 aromatic carbocycles. The standard InChI is InChI=1S/C16H25NO3/c1-16(2,8-5-9-18)12-17-15(19)11-13-6-4-7-14(10-13)20-3/h4,6-7,10,18H,5,8-9,11-12H2,1-3H3,(H,17,19). The molecule has 0 aliphatic heterocycles. The summed E-state index contributed by atoms with van der Waals surface area (Å²) in [5.74, 6) is 0.772. The first kappa shape index (κ1) is 16.5. The third-order valence-electron chi connectivity index (χ3n) is 3.27. The second kappa shape index (κ2) is 7.90. The normalized spacial score (nSPS) is 11.2. The number of aliphatic hydroxyl groups excluding tert-OH is 1. The summed E-state index contributed by atoms with van der Waals surface area (Å²) in [6, 6.07) is 7.53. The van der Waals surface area contributed by atoms with Gasteiger partial charge >= 0.3 is 0 Å². The number of hydrogen-bond acceptors (Lipinski definition) is 3. The van der Waals surface area contributed by atoms with Crippen LogP contribution in [-0.4, -0.2) is 31.3 Å². The molecule has 4 nitrogen and oxygen atoms in total. The lowest BCUT2D eigenvalue weighted by Crippen LogP contribution is -2.35. The van der Waals surface area contributed by atoms with E-state index in [9.17, 15) is 4.79 Å². The highest BCUT2D eigenvalue weighted by molar-refractivity contribution is 5.78. The van der Waals surface area contributed by atoms with Gasteiger partial charge in [-0.1, -0.05) is 26.0 Å². The zero-order chi connectivity index (χ0) is 15.0. The van der Waals surface area contributed by atoms with Gasteiger partial charge in [0.15, 0.2) is 0 Å². The lowest BCUT2D eigenvalue weighted by atomic mass is 9.88. The van der Waals surface area contributed by atoms with Crippen LogP contribution >= 0.6 is 0 Å². The van der Waals surface area contributed by atoms with Crippen LogP contribution in [-0.2, 0) is 11.2 Å². The Morgan fingerprint density at radius 2 is 2.15 bits per heavy atom. The van der Waals surface area contributed by atoms with Crippen molar-refractivity contribution in [3.63, 3.8) is 0 Å². The first-order valence-electron chi connectivity index (χ1n) is 6.97. The Morgan fingerprint density at radius 3 is 2.80 bits per heavy atom. The molecule has 0 atom stereocenters. The third-order valence-corrected chi connectivity index (χ3v) is 3.27. The number of carbonyl (C=O) groups excluding carboxylic acids is 1. The Labute approximate surface area is 121 Å². The van der Waals surface area contributed by atoms with E-state index < -0.39 is 0 Å². The minimum atomic E-state index is 0.00671. The van der Waals surface area contributed by atoms with E-state index in [1.165, 1.54) is 0 Å². The number of carbonyl (C=O) groups is 1. The topological polar surface area (TPSA) is 58.6 Å². The fourth-order valence-corrected chi connectivity index (χ4v) is 2.01. The first-order chi connectivity index (χ1) is 9.46. The van der Waals surface area contributed by atoms with Crippen molar-refractivity contribution in [3.05, 3.63) is 29.8 Å². The molecular weight excluding hydrogens is 254 g/mol. The van der Waals surface area contributed by atoms with Crippen molar-refractivity contribution in [1.29, 1.82) is 0 Å². The van der Waals surface area contributed by atoms with Crippen molar-refractivity contribution in [3.8, 4) is 5.75 Å². The maximum Gasteiger partial charge on any atom is 0.224 e. The Balaban J connectivity index is 2.43. The van der Waals surface area contributed by atoms with Gasteiger partial charge in [0.1, 0.15) is 5.75 Å². The molecule has 2 N–H and O–H groups in total. The van der Waals surface area contributed by atoms with Gasteiger partial charge in [0.25, 0.3) is 0 Å². The average Bonchev–Trinajstić information content (AvgIpc) is 2.43. The molecule has 1 rings (SSSR count). The number of ether oxygens (including phenoxy) is 1. The SMILES string of the molecule is COc1cccc(CC(=O)NCC(C)(C)CCCO)c1. The number of hydrogen-bond donors (Lipinski definition) is 2. The molecule has 112 valence electrons. The van der Waals surface area contributed by atoms with Crippen LogP contribution in [0.1, 0.15) is 32.3 Å². The van der Waals surface area contributed by atoms with Crippen molar-refractivity contribution in [2.45, 2.75) is 33.1 Å². The summed E-state index contributed by atoms with van der Waals surface area (Å²) in [5.41, 5.74) is 0.947. The van der Waals surface area contributed by atoms with Crippen LogP contribution in [0, 0.1) is 5.41 Å². The number of nitrogens with one attached hydrogen (secondary N) is 1. The molecular formula is C16H25NO3.